The van der Waals surface area contributed by atoms with Crippen LogP contribution >= 0.6 is 0 Å². The van der Waals surface area contributed by atoms with Crippen molar-refractivity contribution in [1.82, 2.24) is 9.88 Å². The molecule has 1 saturated heterocycles. The molecule has 1 N–H and O–H groups in total. The Labute approximate surface area is 117 Å². The average molecular weight is 261 g/mol. The molecule has 3 heteroatoms. The standard InChI is InChI=1S/C16H27N3/c1-4-11-17-16-10-6-9-15(18-16)12-19-13(2)7-5-8-14(19)3/h6,9-10,13-14H,4-5,7-8,11-12H2,1-3H3,(H,17,18). The van der Waals surface area contributed by atoms with Gasteiger partial charge in [0.15, 0.2) is 0 Å². The Bertz CT molecular complexity index is 381. The Morgan fingerprint density at radius 3 is 2.68 bits per heavy atom. The number of likely N-dealkylation sites (tertiary alicyclic amines) is 1. The lowest BCUT2D eigenvalue weighted by Gasteiger charge is -2.38. The Kier molecular flexibility index (Phi) is 5.20. The van der Waals surface area contributed by atoms with Crippen molar-refractivity contribution in [2.24, 2.45) is 0 Å². The van der Waals surface area contributed by atoms with Crippen molar-refractivity contribution in [3.05, 3.63) is 23.9 Å². The van der Waals surface area contributed by atoms with Crippen molar-refractivity contribution in [2.45, 2.75) is 65.1 Å². The number of piperidine rings is 1. The van der Waals surface area contributed by atoms with Crippen LogP contribution in [-0.2, 0) is 6.54 Å². The summed E-state index contributed by atoms with van der Waals surface area (Å²) in [5, 5.41) is 3.36. The lowest BCUT2D eigenvalue weighted by Crippen LogP contribution is -2.43. The molecule has 19 heavy (non-hydrogen) atoms. The van der Waals surface area contributed by atoms with Crippen LogP contribution in [0.2, 0.25) is 0 Å². The molecular formula is C16H27N3. The van der Waals surface area contributed by atoms with E-state index in [9.17, 15) is 0 Å². The molecule has 0 aromatic carbocycles. The van der Waals surface area contributed by atoms with Crippen LogP contribution in [0.4, 0.5) is 5.82 Å². The van der Waals surface area contributed by atoms with Gasteiger partial charge in [-0.05, 0) is 45.2 Å². The van der Waals surface area contributed by atoms with Gasteiger partial charge in [0.05, 0.1) is 5.69 Å². The predicted octanol–water partition coefficient (Wildman–Crippen LogP) is 3.67. The number of pyridine rings is 1. The van der Waals surface area contributed by atoms with Gasteiger partial charge >= 0.3 is 0 Å². The van der Waals surface area contributed by atoms with Gasteiger partial charge in [-0.25, -0.2) is 4.98 Å². The lowest BCUT2D eigenvalue weighted by atomic mass is 9.97. The number of anilines is 1. The van der Waals surface area contributed by atoms with Crippen molar-refractivity contribution in [3.8, 4) is 0 Å². The summed E-state index contributed by atoms with van der Waals surface area (Å²) >= 11 is 0. The van der Waals surface area contributed by atoms with Gasteiger partial charge in [-0.3, -0.25) is 4.90 Å². The summed E-state index contributed by atoms with van der Waals surface area (Å²) in [6, 6.07) is 7.67. The summed E-state index contributed by atoms with van der Waals surface area (Å²) in [6.45, 7) is 8.83. The van der Waals surface area contributed by atoms with Crippen LogP contribution in [0.1, 0.15) is 52.1 Å². The van der Waals surface area contributed by atoms with E-state index in [2.05, 4.69) is 49.2 Å². The number of aromatic nitrogens is 1. The fourth-order valence-electron chi connectivity index (χ4n) is 2.89. The molecule has 0 bridgehead atoms. The van der Waals surface area contributed by atoms with Crippen LogP contribution < -0.4 is 5.32 Å². The Morgan fingerprint density at radius 1 is 1.26 bits per heavy atom. The zero-order valence-corrected chi connectivity index (χ0v) is 12.5. The minimum absolute atomic E-state index is 0.679. The third-order valence-corrected chi connectivity index (χ3v) is 4.08. The van der Waals surface area contributed by atoms with Crippen LogP contribution in [0, 0.1) is 0 Å². The third-order valence-electron chi connectivity index (χ3n) is 4.08. The second-order valence-electron chi connectivity index (χ2n) is 5.74. The van der Waals surface area contributed by atoms with E-state index in [-0.39, 0.29) is 0 Å². The third kappa shape index (κ3) is 3.93. The number of rotatable bonds is 5. The summed E-state index contributed by atoms with van der Waals surface area (Å²) < 4.78 is 0. The van der Waals surface area contributed by atoms with Gasteiger partial charge in [0.1, 0.15) is 5.82 Å². The zero-order valence-electron chi connectivity index (χ0n) is 12.5. The van der Waals surface area contributed by atoms with Gasteiger partial charge in [-0.2, -0.15) is 0 Å². The minimum Gasteiger partial charge on any atom is -0.370 e. The SMILES string of the molecule is CCCNc1cccc(CN2C(C)CCCC2C)n1. The lowest BCUT2D eigenvalue weighted by molar-refractivity contribution is 0.0939. The van der Waals surface area contributed by atoms with Gasteiger partial charge in [-0.1, -0.05) is 19.4 Å². The van der Waals surface area contributed by atoms with Gasteiger partial charge in [-0.15, -0.1) is 0 Å². The van der Waals surface area contributed by atoms with Gasteiger partial charge in [0.2, 0.25) is 0 Å². The second-order valence-corrected chi connectivity index (χ2v) is 5.74. The molecule has 2 atom stereocenters. The first-order valence-electron chi connectivity index (χ1n) is 7.66. The van der Waals surface area contributed by atoms with Crippen molar-refractivity contribution in [3.63, 3.8) is 0 Å². The molecule has 3 nitrogen and oxygen atoms in total. The maximum absolute atomic E-state index is 4.72. The number of nitrogens with one attached hydrogen (secondary N) is 1. The van der Waals surface area contributed by atoms with Gasteiger partial charge < -0.3 is 5.32 Å². The topological polar surface area (TPSA) is 28.2 Å². The van der Waals surface area contributed by atoms with Gasteiger partial charge in [0.25, 0.3) is 0 Å². The van der Waals surface area contributed by atoms with E-state index >= 15 is 0 Å². The molecule has 2 unspecified atom stereocenters. The van der Waals surface area contributed by atoms with Crippen LogP contribution in [0.5, 0.6) is 0 Å². The average Bonchev–Trinajstić information content (AvgIpc) is 2.41. The number of nitrogens with zero attached hydrogens (tertiary/aromatic N) is 2. The highest BCUT2D eigenvalue weighted by Gasteiger charge is 2.24. The fourth-order valence-corrected chi connectivity index (χ4v) is 2.89. The van der Waals surface area contributed by atoms with Crippen molar-refractivity contribution < 1.29 is 0 Å². The molecule has 0 saturated carbocycles. The quantitative estimate of drug-likeness (QED) is 0.876. The van der Waals surface area contributed by atoms with E-state index in [1.807, 2.05) is 0 Å². The van der Waals surface area contributed by atoms with E-state index < -0.39 is 0 Å². The normalized spacial score (nSPS) is 24.4. The maximum atomic E-state index is 4.72. The van der Waals surface area contributed by atoms with Crippen LogP contribution in [0.3, 0.4) is 0 Å². The molecule has 2 rings (SSSR count). The molecule has 0 spiro atoms. The highest BCUT2D eigenvalue weighted by atomic mass is 15.2. The summed E-state index contributed by atoms with van der Waals surface area (Å²) in [4.78, 5) is 7.31. The molecule has 1 aromatic rings. The second kappa shape index (κ2) is 6.90. The van der Waals surface area contributed by atoms with Crippen LogP contribution in [0.25, 0.3) is 0 Å². The van der Waals surface area contributed by atoms with E-state index in [1.54, 1.807) is 0 Å². The minimum atomic E-state index is 0.679. The molecule has 1 aliphatic rings. The highest BCUT2D eigenvalue weighted by molar-refractivity contribution is 5.35. The summed E-state index contributed by atoms with van der Waals surface area (Å²) in [6.07, 6.45) is 5.13. The molecule has 0 radical (unpaired) electrons. The van der Waals surface area contributed by atoms with Gasteiger partial charge in [0, 0.05) is 25.2 Å². The van der Waals surface area contributed by atoms with E-state index in [4.69, 9.17) is 4.98 Å². The first kappa shape index (κ1) is 14.3. The number of hydrogen-bond donors (Lipinski definition) is 1. The molecule has 2 heterocycles. The van der Waals surface area contributed by atoms with Crippen molar-refractivity contribution in [2.75, 3.05) is 11.9 Å². The van der Waals surface area contributed by atoms with Crippen molar-refractivity contribution >= 4 is 5.82 Å². The smallest absolute Gasteiger partial charge is 0.126 e. The van der Waals surface area contributed by atoms with Crippen molar-refractivity contribution in [1.29, 1.82) is 0 Å². The number of hydrogen-bond acceptors (Lipinski definition) is 3. The Hall–Kier alpha value is -1.09. The summed E-state index contributed by atoms with van der Waals surface area (Å²) in [5.41, 5.74) is 1.18. The molecule has 106 valence electrons. The highest BCUT2D eigenvalue weighted by Crippen LogP contribution is 2.24. The van der Waals surface area contributed by atoms with E-state index in [0.29, 0.717) is 12.1 Å². The Morgan fingerprint density at radius 2 is 2.00 bits per heavy atom. The molecule has 0 amide bonds. The van der Waals surface area contributed by atoms with Crippen LogP contribution in [0.15, 0.2) is 18.2 Å². The van der Waals surface area contributed by atoms with Crippen LogP contribution in [-0.4, -0.2) is 28.5 Å². The predicted molar refractivity (Wildman–Crippen MR) is 81.3 cm³/mol. The summed E-state index contributed by atoms with van der Waals surface area (Å²) in [7, 11) is 0. The van der Waals surface area contributed by atoms with E-state index in [0.717, 1.165) is 25.3 Å². The first-order chi connectivity index (χ1) is 9.20. The molecule has 1 aliphatic heterocycles. The monoisotopic (exact) mass is 261 g/mol. The van der Waals surface area contributed by atoms with E-state index in [1.165, 1.54) is 25.0 Å². The zero-order chi connectivity index (χ0) is 13.7. The Balaban J connectivity index is 2.01. The maximum Gasteiger partial charge on any atom is 0.126 e. The molecule has 1 fully saturated rings. The molecular weight excluding hydrogens is 234 g/mol. The first-order valence-corrected chi connectivity index (χ1v) is 7.66. The molecule has 0 aliphatic carbocycles. The fraction of sp³-hybridized carbons (Fsp3) is 0.688. The summed E-state index contributed by atoms with van der Waals surface area (Å²) in [5.74, 6) is 1.01. The largest absolute Gasteiger partial charge is 0.370 e. The molecule has 1 aromatic heterocycles.